The van der Waals surface area contributed by atoms with Gasteiger partial charge in [-0.15, -0.1) is 0 Å². The number of benzene rings is 1. The van der Waals surface area contributed by atoms with Crippen LogP contribution < -0.4 is 4.74 Å². The van der Waals surface area contributed by atoms with Crippen LogP contribution in [0.1, 0.15) is 72.4 Å². The molecule has 0 atom stereocenters. The summed E-state index contributed by atoms with van der Waals surface area (Å²) in [4.78, 5) is 0. The fourth-order valence-electron chi connectivity index (χ4n) is 2.18. The Hall–Kier alpha value is -0.500. The van der Waals surface area contributed by atoms with Gasteiger partial charge in [-0.3, -0.25) is 0 Å². The minimum absolute atomic E-state index is 0.0747. The van der Waals surface area contributed by atoms with Crippen LogP contribution in [0.25, 0.3) is 0 Å². The van der Waals surface area contributed by atoms with E-state index in [4.69, 9.17) is 4.74 Å². The summed E-state index contributed by atoms with van der Waals surface area (Å²) >= 11 is 3.66. The maximum atomic E-state index is 6.20. The van der Waals surface area contributed by atoms with E-state index in [9.17, 15) is 0 Å². The summed E-state index contributed by atoms with van der Waals surface area (Å²) in [5, 5.41) is 0. The van der Waals surface area contributed by atoms with Crippen LogP contribution in [0.3, 0.4) is 0 Å². The van der Waals surface area contributed by atoms with E-state index in [0.29, 0.717) is 0 Å². The summed E-state index contributed by atoms with van der Waals surface area (Å²) in [6.07, 6.45) is 2.26. The topological polar surface area (TPSA) is 9.23 Å². The molecule has 0 bridgehead atoms. The summed E-state index contributed by atoms with van der Waals surface area (Å²) in [7, 11) is 0. The Morgan fingerprint density at radius 1 is 0.950 bits per heavy atom. The molecule has 0 aliphatic rings. The van der Waals surface area contributed by atoms with E-state index in [-0.39, 0.29) is 10.8 Å². The molecule has 1 aromatic carbocycles. The lowest BCUT2D eigenvalue weighted by atomic mass is 9.79. The molecular weight excluding hydrogens is 312 g/mol. The molecule has 0 aliphatic heterocycles. The monoisotopic (exact) mass is 340 g/mol. The number of hydrogen-bond acceptors (Lipinski definition) is 1. The Labute approximate surface area is 133 Å². The quantitative estimate of drug-likeness (QED) is 0.591. The molecule has 0 aliphatic carbocycles. The summed E-state index contributed by atoms with van der Waals surface area (Å²) in [5.74, 6) is 1.08. The van der Waals surface area contributed by atoms with Crippen LogP contribution >= 0.6 is 15.9 Å². The van der Waals surface area contributed by atoms with E-state index in [2.05, 4.69) is 76.5 Å². The predicted octanol–water partition coefficient (Wildman–Crippen LogP) is 6.22. The first-order valence-electron chi connectivity index (χ1n) is 7.54. The molecule has 2 heteroatoms. The van der Waals surface area contributed by atoms with E-state index >= 15 is 0 Å². The van der Waals surface area contributed by atoms with Gasteiger partial charge in [-0.25, -0.2) is 0 Å². The van der Waals surface area contributed by atoms with E-state index in [0.717, 1.165) is 29.7 Å². The Kier molecular flexibility index (Phi) is 5.71. The van der Waals surface area contributed by atoms with Gasteiger partial charge in [0.15, 0.2) is 0 Å². The minimum atomic E-state index is 0.0747. The average molecular weight is 341 g/mol. The molecule has 0 radical (unpaired) electrons. The van der Waals surface area contributed by atoms with Crippen LogP contribution in [0, 0.1) is 0 Å². The number of unbranched alkanes of at least 4 members (excludes halogenated alkanes) is 1. The SMILES string of the molecule is CCCCOc1c(C(C)(C)C)cc(Br)cc1C(C)(C)C. The summed E-state index contributed by atoms with van der Waals surface area (Å²) in [6.45, 7) is 16.5. The normalized spacial score (nSPS) is 12.6. The van der Waals surface area contributed by atoms with Crippen molar-refractivity contribution in [2.75, 3.05) is 6.61 Å². The summed E-state index contributed by atoms with van der Waals surface area (Å²) < 4.78 is 7.33. The zero-order valence-electron chi connectivity index (χ0n) is 14.1. The van der Waals surface area contributed by atoms with Crippen LogP contribution in [0.4, 0.5) is 0 Å². The maximum Gasteiger partial charge on any atom is 0.126 e. The molecule has 0 N–H and O–H groups in total. The van der Waals surface area contributed by atoms with Gasteiger partial charge in [-0.2, -0.15) is 0 Å². The third-order valence-corrected chi connectivity index (χ3v) is 3.87. The van der Waals surface area contributed by atoms with Gasteiger partial charge in [-0.05, 0) is 29.4 Å². The molecule has 0 fully saturated rings. The summed E-state index contributed by atoms with van der Waals surface area (Å²) in [5.41, 5.74) is 2.72. The number of rotatable bonds is 4. The fraction of sp³-hybridized carbons (Fsp3) is 0.667. The lowest BCUT2D eigenvalue weighted by Crippen LogP contribution is -2.20. The van der Waals surface area contributed by atoms with Gasteiger partial charge >= 0.3 is 0 Å². The highest BCUT2D eigenvalue weighted by molar-refractivity contribution is 9.10. The van der Waals surface area contributed by atoms with Crippen molar-refractivity contribution < 1.29 is 4.74 Å². The standard InChI is InChI=1S/C18H29BrO/c1-8-9-10-20-16-14(17(2,3)4)11-13(19)12-15(16)18(5,6)7/h11-12H,8-10H2,1-7H3. The first kappa shape index (κ1) is 17.6. The van der Waals surface area contributed by atoms with Crippen LogP contribution in [0.15, 0.2) is 16.6 Å². The molecule has 1 nitrogen and oxygen atoms in total. The van der Waals surface area contributed by atoms with Crippen molar-refractivity contribution >= 4 is 15.9 Å². The Morgan fingerprint density at radius 2 is 1.40 bits per heavy atom. The first-order chi connectivity index (χ1) is 9.07. The highest BCUT2D eigenvalue weighted by Crippen LogP contribution is 2.41. The van der Waals surface area contributed by atoms with Crippen LogP contribution in [-0.4, -0.2) is 6.61 Å². The molecule has 0 heterocycles. The van der Waals surface area contributed by atoms with E-state index in [1.807, 2.05) is 0 Å². The van der Waals surface area contributed by atoms with Crippen molar-refractivity contribution in [1.82, 2.24) is 0 Å². The molecule has 0 saturated heterocycles. The molecule has 0 aromatic heterocycles. The van der Waals surface area contributed by atoms with Crippen molar-refractivity contribution in [3.8, 4) is 5.75 Å². The van der Waals surface area contributed by atoms with Crippen molar-refractivity contribution in [2.24, 2.45) is 0 Å². The predicted molar refractivity (Wildman–Crippen MR) is 91.9 cm³/mol. The minimum Gasteiger partial charge on any atom is -0.493 e. The second-order valence-corrected chi connectivity index (χ2v) is 8.45. The summed E-state index contributed by atoms with van der Waals surface area (Å²) in [6, 6.07) is 4.41. The van der Waals surface area contributed by atoms with E-state index < -0.39 is 0 Å². The van der Waals surface area contributed by atoms with Crippen LogP contribution in [0.5, 0.6) is 5.75 Å². The third kappa shape index (κ3) is 4.51. The Bertz CT molecular complexity index is 414. The van der Waals surface area contributed by atoms with Crippen molar-refractivity contribution in [1.29, 1.82) is 0 Å². The second kappa shape index (κ2) is 6.51. The van der Waals surface area contributed by atoms with Crippen LogP contribution in [-0.2, 0) is 10.8 Å². The van der Waals surface area contributed by atoms with Crippen molar-refractivity contribution in [2.45, 2.75) is 72.1 Å². The molecule has 20 heavy (non-hydrogen) atoms. The van der Waals surface area contributed by atoms with Crippen molar-refractivity contribution in [3.63, 3.8) is 0 Å². The highest BCUT2D eigenvalue weighted by Gasteiger charge is 2.27. The Morgan fingerprint density at radius 3 is 1.75 bits per heavy atom. The Balaban J connectivity index is 3.38. The fourth-order valence-corrected chi connectivity index (χ4v) is 2.64. The molecule has 0 spiro atoms. The molecular formula is C18H29BrO. The molecule has 0 amide bonds. The van der Waals surface area contributed by atoms with Gasteiger partial charge in [0.1, 0.15) is 5.75 Å². The number of hydrogen-bond donors (Lipinski definition) is 0. The molecule has 1 rings (SSSR count). The number of ether oxygens (including phenoxy) is 1. The lowest BCUT2D eigenvalue weighted by molar-refractivity contribution is 0.293. The van der Waals surface area contributed by atoms with Gasteiger partial charge in [-0.1, -0.05) is 70.8 Å². The third-order valence-electron chi connectivity index (χ3n) is 3.41. The molecule has 0 saturated carbocycles. The largest absolute Gasteiger partial charge is 0.493 e. The average Bonchev–Trinajstić information content (AvgIpc) is 2.28. The highest BCUT2D eigenvalue weighted by atomic mass is 79.9. The van der Waals surface area contributed by atoms with Gasteiger partial charge in [0, 0.05) is 15.6 Å². The molecule has 114 valence electrons. The van der Waals surface area contributed by atoms with Gasteiger partial charge < -0.3 is 4.74 Å². The first-order valence-corrected chi connectivity index (χ1v) is 8.34. The molecule has 0 unspecified atom stereocenters. The van der Waals surface area contributed by atoms with Gasteiger partial charge in [0.05, 0.1) is 6.61 Å². The van der Waals surface area contributed by atoms with Crippen molar-refractivity contribution in [3.05, 3.63) is 27.7 Å². The lowest BCUT2D eigenvalue weighted by Gasteiger charge is -2.30. The van der Waals surface area contributed by atoms with E-state index in [1.165, 1.54) is 11.1 Å². The number of halogens is 1. The van der Waals surface area contributed by atoms with Gasteiger partial charge in [0.2, 0.25) is 0 Å². The van der Waals surface area contributed by atoms with Gasteiger partial charge in [0.25, 0.3) is 0 Å². The van der Waals surface area contributed by atoms with E-state index in [1.54, 1.807) is 0 Å². The zero-order valence-corrected chi connectivity index (χ0v) is 15.6. The van der Waals surface area contributed by atoms with Crippen LogP contribution in [0.2, 0.25) is 0 Å². The molecule has 1 aromatic rings. The maximum absolute atomic E-state index is 6.20. The second-order valence-electron chi connectivity index (χ2n) is 7.53. The zero-order chi connectivity index (χ0) is 15.6. The smallest absolute Gasteiger partial charge is 0.126 e.